The number of carbonyl (C=O) groups excluding carboxylic acids is 13. The second kappa shape index (κ2) is 33.4. The number of nitrogens with one attached hydrogen (secondary N) is 8. The first-order valence-corrected chi connectivity index (χ1v) is 27.2. The van der Waals surface area contributed by atoms with Crippen molar-refractivity contribution in [1.82, 2.24) is 52.3 Å². The highest BCUT2D eigenvalue weighted by Gasteiger charge is 2.44. The fraction of sp³-hybridized carbons (Fsp3) is 0.667. The molecule has 28 nitrogen and oxygen atoms in total. The summed E-state index contributed by atoms with van der Waals surface area (Å²) in [5.41, 5.74) is 15.3. The molecular formula is C51H82ClN13O15. The predicted molar refractivity (Wildman–Crippen MR) is 289 cm³/mol. The zero-order valence-corrected chi connectivity index (χ0v) is 47.4. The van der Waals surface area contributed by atoms with Gasteiger partial charge in [0.1, 0.15) is 53.7 Å². The first-order chi connectivity index (χ1) is 37.5. The van der Waals surface area contributed by atoms with E-state index >= 15 is 0 Å². The topological polar surface area (TPSA) is 443 Å². The highest BCUT2D eigenvalue weighted by molar-refractivity contribution is 6.17. The van der Waals surface area contributed by atoms with E-state index in [1.54, 1.807) is 20.8 Å². The number of carbonyl (C=O) groups is 13. The third-order valence-corrected chi connectivity index (χ3v) is 13.9. The van der Waals surface area contributed by atoms with E-state index < -0.39 is 180 Å². The van der Waals surface area contributed by atoms with E-state index in [-0.39, 0.29) is 19.4 Å². The lowest BCUT2D eigenvalue weighted by molar-refractivity contribution is -0.151. The van der Waals surface area contributed by atoms with Crippen molar-refractivity contribution in [2.45, 2.75) is 186 Å². The Morgan fingerprint density at radius 3 is 1.64 bits per heavy atom. The third kappa shape index (κ3) is 21.1. The van der Waals surface area contributed by atoms with Gasteiger partial charge in [0.2, 0.25) is 59.1 Å². The van der Waals surface area contributed by atoms with Gasteiger partial charge in [0.25, 0.3) is 17.7 Å². The van der Waals surface area contributed by atoms with Crippen molar-refractivity contribution in [2.75, 3.05) is 19.5 Å². The smallest absolute Gasteiger partial charge is 0.268 e. The maximum absolute atomic E-state index is 14.6. The summed E-state index contributed by atoms with van der Waals surface area (Å²) >= 11 is 5.83. The maximum Gasteiger partial charge on any atom is 0.268 e. The number of aliphatic hydroxyl groups is 2. The van der Waals surface area contributed by atoms with Crippen LogP contribution in [0, 0.1) is 11.8 Å². The molecule has 0 radical (unpaired) electrons. The van der Waals surface area contributed by atoms with Gasteiger partial charge in [-0.15, -0.1) is 11.6 Å². The number of halogens is 1. The Labute approximate surface area is 470 Å². The standard InChI is InChI=1S/C51H82ClN13O15/c1-9-29-43(72)59-31(22-35(53)67)45(74)56-27(6)42(71)63-40(28(7)66)51(80)64(8)34(24-37(55)69)50(79)65-21-17-19-33(65)47(76)62-39(26(5)18-15-13-11-12-14-16-20-52)41(70)49(78)61-38(25(3)4)48(77)58-30(10-2)44(73)60-32(23-36(54)68)46(75)57-29/h9-10,25-28,31-34,38-41,66,70H,11-24H2,1-8H3,(H2,53,67)(H2,54,68)(H2,55,69)(H,56,74)(H,57,75)(H,58,77)(H,59,72)(H,60,73)(H,61,78)(H,62,76)(H,63,71)/t26-,27+,28+,31-,32-,33-,34-,38-,39+,40-,41+/m0/s1. The first-order valence-electron chi connectivity index (χ1n) is 26.6. The Morgan fingerprint density at radius 1 is 0.637 bits per heavy atom. The van der Waals surface area contributed by atoms with Crippen molar-refractivity contribution in [3.8, 4) is 0 Å². The van der Waals surface area contributed by atoms with E-state index in [9.17, 15) is 72.5 Å². The summed E-state index contributed by atoms with van der Waals surface area (Å²) in [5.74, 6) is -15.0. The summed E-state index contributed by atoms with van der Waals surface area (Å²) in [6, 6.07) is -13.0. The Morgan fingerprint density at radius 2 is 1.14 bits per heavy atom. The zero-order valence-electron chi connectivity index (χ0n) is 46.7. The average Bonchev–Trinajstić information content (AvgIpc) is 3.89. The van der Waals surface area contributed by atoms with Crippen molar-refractivity contribution in [2.24, 2.45) is 29.0 Å². The fourth-order valence-electron chi connectivity index (χ4n) is 8.91. The Bertz CT molecular complexity index is 2350. The lowest BCUT2D eigenvalue weighted by Gasteiger charge is -2.36. The van der Waals surface area contributed by atoms with Crippen LogP contribution in [0.5, 0.6) is 0 Å². The molecule has 16 N–H and O–H groups in total. The Kier molecular flexibility index (Phi) is 28.8. The van der Waals surface area contributed by atoms with E-state index in [2.05, 4.69) is 42.5 Å². The number of alkyl halides is 1. The Hall–Kier alpha value is -7.20. The van der Waals surface area contributed by atoms with Gasteiger partial charge in [0.15, 0.2) is 6.10 Å². The molecule has 0 aromatic heterocycles. The first kappa shape index (κ1) is 68.9. The van der Waals surface area contributed by atoms with E-state index in [0.29, 0.717) is 18.7 Å². The molecule has 29 heteroatoms. The van der Waals surface area contributed by atoms with Crippen molar-refractivity contribution in [3.05, 3.63) is 23.5 Å². The van der Waals surface area contributed by atoms with Crippen LogP contribution in [0.3, 0.4) is 0 Å². The van der Waals surface area contributed by atoms with Crippen LogP contribution < -0.4 is 59.7 Å². The van der Waals surface area contributed by atoms with Crippen LogP contribution in [-0.2, 0) is 62.3 Å². The van der Waals surface area contributed by atoms with Crippen LogP contribution in [0.4, 0.5) is 0 Å². The molecule has 11 atom stereocenters. The van der Waals surface area contributed by atoms with Gasteiger partial charge in [-0.3, -0.25) is 62.3 Å². The summed E-state index contributed by atoms with van der Waals surface area (Å²) in [6.45, 7) is 9.57. The second-order valence-electron chi connectivity index (χ2n) is 20.3. The quantitative estimate of drug-likeness (QED) is 0.0381. The minimum absolute atomic E-state index is 0.0467. The van der Waals surface area contributed by atoms with Crippen molar-refractivity contribution in [3.63, 3.8) is 0 Å². The highest BCUT2D eigenvalue weighted by atomic mass is 35.5. The summed E-state index contributed by atoms with van der Waals surface area (Å²) in [7, 11) is 1.09. The number of hydrogen-bond donors (Lipinski definition) is 13. The number of amides is 13. The van der Waals surface area contributed by atoms with Crippen LogP contribution in [0.15, 0.2) is 23.5 Å². The van der Waals surface area contributed by atoms with Crippen LogP contribution in [0.25, 0.3) is 0 Å². The molecule has 13 amide bonds. The number of primary amides is 3. The van der Waals surface area contributed by atoms with Gasteiger partial charge in [-0.05, 0) is 65.2 Å². The number of aliphatic hydroxyl groups excluding tert-OH is 2. The van der Waals surface area contributed by atoms with Gasteiger partial charge in [0.05, 0.1) is 31.4 Å². The molecule has 2 fully saturated rings. The maximum atomic E-state index is 14.6. The number of likely N-dealkylation sites (N-methyl/N-ethyl adjacent to an activating group) is 1. The molecule has 2 aliphatic rings. The molecule has 0 unspecified atom stereocenters. The van der Waals surface area contributed by atoms with Crippen molar-refractivity contribution < 1.29 is 72.5 Å². The average molecular weight is 1150 g/mol. The summed E-state index contributed by atoms with van der Waals surface area (Å²) in [4.78, 5) is 178. The summed E-state index contributed by atoms with van der Waals surface area (Å²) in [5, 5.41) is 41.5. The number of rotatable bonds is 17. The van der Waals surface area contributed by atoms with Gasteiger partial charge >= 0.3 is 0 Å². The molecule has 0 spiro atoms. The van der Waals surface area contributed by atoms with Crippen LogP contribution >= 0.6 is 11.6 Å². The second-order valence-corrected chi connectivity index (χ2v) is 20.7. The van der Waals surface area contributed by atoms with Gasteiger partial charge in [0, 0.05) is 19.5 Å². The van der Waals surface area contributed by atoms with E-state index in [0.717, 1.165) is 75.0 Å². The number of fused-ring (bicyclic) bond motifs is 1. The SMILES string of the molecule is CC=C1NC(=O)[C@H](CC(N)=O)NC(=O)C(=CC)NC(=O)[C@H](C(C)C)NC(=O)[C@H](O)[C@@H]([C@@H](C)CCCCCCCCCl)NC(=O)[C@@H]2CCCN2C(=O)[C@H](CC(N)=O)N(C)C(=O)[C@H]([C@@H](C)O)NC(=O)[C@@H](C)NC(=O)[C@H](CC(N)=O)NC1=O. The lowest BCUT2D eigenvalue weighted by Crippen LogP contribution is -2.62. The largest absolute Gasteiger partial charge is 0.391 e. The summed E-state index contributed by atoms with van der Waals surface area (Å²) < 4.78 is 0. The molecule has 0 bridgehead atoms. The van der Waals surface area contributed by atoms with Crippen molar-refractivity contribution >= 4 is 88.4 Å². The van der Waals surface area contributed by atoms with E-state index in [1.807, 2.05) is 0 Å². The number of hydrogen-bond acceptors (Lipinski definition) is 15. The zero-order chi connectivity index (χ0) is 60.7. The normalized spacial score (nSPS) is 27.1. The molecule has 0 aromatic rings. The lowest BCUT2D eigenvalue weighted by atomic mass is 9.90. The van der Waals surface area contributed by atoms with E-state index in [4.69, 9.17) is 28.8 Å². The van der Waals surface area contributed by atoms with Gasteiger partial charge < -0.3 is 79.7 Å². The molecule has 0 saturated carbocycles. The number of nitrogens with zero attached hydrogens (tertiary/aromatic N) is 2. The molecule has 0 aliphatic carbocycles. The van der Waals surface area contributed by atoms with Crippen molar-refractivity contribution in [1.29, 1.82) is 0 Å². The summed E-state index contributed by atoms with van der Waals surface area (Å²) in [6.07, 6.45) is 1.51. The molecule has 2 aliphatic heterocycles. The Balaban J connectivity index is 2.80. The third-order valence-electron chi connectivity index (χ3n) is 13.6. The van der Waals surface area contributed by atoms with Crippen LogP contribution in [0.1, 0.15) is 126 Å². The number of nitrogens with two attached hydrogens (primary N) is 3. The molecule has 2 heterocycles. The molecular weight excluding hydrogens is 1070 g/mol. The van der Waals surface area contributed by atoms with E-state index in [1.165, 1.54) is 13.8 Å². The molecule has 2 rings (SSSR count). The molecule has 80 heavy (non-hydrogen) atoms. The van der Waals surface area contributed by atoms with Gasteiger partial charge in [-0.25, -0.2) is 0 Å². The van der Waals surface area contributed by atoms with Gasteiger partial charge in [-0.1, -0.05) is 65.0 Å². The monoisotopic (exact) mass is 1150 g/mol. The minimum atomic E-state index is -2.03. The number of unbranched alkanes of at least 4 members (excludes halogenated alkanes) is 5. The minimum Gasteiger partial charge on any atom is -0.391 e. The molecule has 448 valence electrons. The number of allylic oxidation sites excluding steroid dienone is 2. The fourth-order valence-corrected chi connectivity index (χ4v) is 9.10. The molecule has 2 saturated heterocycles. The highest BCUT2D eigenvalue weighted by Crippen LogP contribution is 2.24. The van der Waals surface area contributed by atoms with Gasteiger partial charge in [-0.2, -0.15) is 0 Å². The van der Waals surface area contributed by atoms with Crippen LogP contribution in [-0.4, -0.2) is 177 Å². The predicted octanol–water partition coefficient (Wildman–Crippen LogP) is -3.58. The molecule has 0 aromatic carbocycles. The van der Waals surface area contributed by atoms with Crippen LogP contribution in [0.2, 0.25) is 0 Å².